The first kappa shape index (κ1) is 19.7. The first-order chi connectivity index (χ1) is 12.3. The van der Waals surface area contributed by atoms with E-state index in [1.165, 1.54) is 25.3 Å². The summed E-state index contributed by atoms with van der Waals surface area (Å²) in [6.07, 6.45) is 0. The van der Waals surface area contributed by atoms with Crippen molar-refractivity contribution < 1.29 is 27.4 Å². The van der Waals surface area contributed by atoms with Crippen LogP contribution < -0.4 is 20.1 Å². The minimum atomic E-state index is -3.01. The molecule has 0 spiro atoms. The summed E-state index contributed by atoms with van der Waals surface area (Å²) in [4.78, 5) is 12.2. The lowest BCUT2D eigenvalue weighted by Gasteiger charge is -2.17. The van der Waals surface area contributed by atoms with E-state index in [0.29, 0.717) is 5.69 Å². The van der Waals surface area contributed by atoms with Crippen LogP contribution in [0, 0.1) is 5.82 Å². The molecule has 9 heteroatoms. The number of nitrogens with one attached hydrogen (secondary N) is 2. The molecular formula is C17H16ClF3N2O3. The maximum atomic E-state index is 13.0. The van der Waals surface area contributed by atoms with E-state index >= 15 is 0 Å². The lowest BCUT2D eigenvalue weighted by Crippen LogP contribution is -2.32. The van der Waals surface area contributed by atoms with E-state index in [9.17, 15) is 18.0 Å². The highest BCUT2D eigenvalue weighted by Crippen LogP contribution is 2.31. The number of alkyl halides is 2. The standard InChI is InChI=1S/C17H16ClF3N2O3/c1-9(16(24)23-13-5-3-10(19)7-12(13)18)22-11-4-6-14(25-2)15(8-11)26-17(20)21/h3-9,17,22H,1-2H3,(H,23,24)/t9-/m0/s1. The molecule has 0 aliphatic heterocycles. The fourth-order valence-corrected chi connectivity index (χ4v) is 2.32. The zero-order valence-electron chi connectivity index (χ0n) is 13.9. The van der Waals surface area contributed by atoms with Crippen molar-refractivity contribution in [3.8, 4) is 11.5 Å². The van der Waals surface area contributed by atoms with Crippen LogP contribution in [0.5, 0.6) is 11.5 Å². The molecule has 0 bridgehead atoms. The van der Waals surface area contributed by atoms with Crippen molar-refractivity contribution in [3.05, 3.63) is 47.2 Å². The second-order valence-corrected chi connectivity index (χ2v) is 5.63. The summed E-state index contributed by atoms with van der Waals surface area (Å²) in [6.45, 7) is -1.45. The van der Waals surface area contributed by atoms with E-state index in [1.807, 2.05) is 0 Å². The van der Waals surface area contributed by atoms with E-state index in [1.54, 1.807) is 13.0 Å². The van der Waals surface area contributed by atoms with Crippen LogP contribution in [0.15, 0.2) is 36.4 Å². The molecule has 2 N–H and O–H groups in total. The average molecular weight is 389 g/mol. The Kier molecular flexibility index (Phi) is 6.57. The van der Waals surface area contributed by atoms with Crippen molar-refractivity contribution in [2.45, 2.75) is 19.6 Å². The molecule has 0 saturated carbocycles. The van der Waals surface area contributed by atoms with Gasteiger partial charge in [-0.3, -0.25) is 4.79 Å². The van der Waals surface area contributed by atoms with Crippen LogP contribution in [0.25, 0.3) is 0 Å². The molecule has 0 radical (unpaired) electrons. The monoisotopic (exact) mass is 388 g/mol. The van der Waals surface area contributed by atoms with Crippen molar-refractivity contribution in [1.29, 1.82) is 0 Å². The summed E-state index contributed by atoms with van der Waals surface area (Å²) in [5.41, 5.74) is 0.623. The van der Waals surface area contributed by atoms with Crippen LogP contribution in [0.1, 0.15) is 6.92 Å². The van der Waals surface area contributed by atoms with Crippen molar-refractivity contribution in [3.63, 3.8) is 0 Å². The Morgan fingerprint density at radius 1 is 1.15 bits per heavy atom. The van der Waals surface area contributed by atoms with E-state index in [2.05, 4.69) is 15.4 Å². The third kappa shape index (κ3) is 5.19. The minimum absolute atomic E-state index is 0.0580. The number of hydrogen-bond donors (Lipinski definition) is 2. The molecule has 0 unspecified atom stereocenters. The SMILES string of the molecule is COc1ccc(N[C@@H](C)C(=O)Nc2ccc(F)cc2Cl)cc1OC(F)F. The molecule has 2 aromatic carbocycles. The molecule has 140 valence electrons. The Morgan fingerprint density at radius 2 is 1.88 bits per heavy atom. The highest BCUT2D eigenvalue weighted by molar-refractivity contribution is 6.33. The van der Waals surface area contributed by atoms with Crippen LogP contribution >= 0.6 is 11.6 Å². The van der Waals surface area contributed by atoms with Gasteiger partial charge < -0.3 is 20.1 Å². The Hall–Kier alpha value is -2.61. The zero-order chi connectivity index (χ0) is 19.3. The molecule has 0 aliphatic rings. The normalized spacial score (nSPS) is 11.8. The third-order valence-electron chi connectivity index (χ3n) is 3.35. The topological polar surface area (TPSA) is 59.6 Å². The number of carbonyl (C=O) groups is 1. The van der Waals surface area contributed by atoms with Gasteiger partial charge in [0.1, 0.15) is 11.9 Å². The summed E-state index contributed by atoms with van der Waals surface area (Å²) in [5, 5.41) is 5.46. The van der Waals surface area contributed by atoms with Gasteiger partial charge in [-0.15, -0.1) is 0 Å². The van der Waals surface area contributed by atoms with Crippen LogP contribution in [0.3, 0.4) is 0 Å². The molecule has 1 atom stereocenters. The number of hydrogen-bond acceptors (Lipinski definition) is 4. The summed E-state index contributed by atoms with van der Waals surface area (Å²) in [7, 11) is 1.32. The van der Waals surface area contributed by atoms with Gasteiger partial charge in [0.25, 0.3) is 0 Å². The Morgan fingerprint density at radius 3 is 2.50 bits per heavy atom. The first-order valence-corrected chi connectivity index (χ1v) is 7.83. The van der Waals surface area contributed by atoms with Crippen LogP contribution in [-0.2, 0) is 4.79 Å². The van der Waals surface area contributed by atoms with E-state index in [-0.39, 0.29) is 22.2 Å². The van der Waals surface area contributed by atoms with Crippen molar-refractivity contribution in [2.75, 3.05) is 17.7 Å². The number of anilines is 2. The predicted molar refractivity (Wildman–Crippen MR) is 92.8 cm³/mol. The predicted octanol–water partition coefficient (Wildman–Crippen LogP) is 4.53. The molecule has 2 aromatic rings. The van der Waals surface area contributed by atoms with Crippen LogP contribution in [0.4, 0.5) is 24.5 Å². The molecule has 0 aromatic heterocycles. The zero-order valence-corrected chi connectivity index (χ0v) is 14.6. The highest BCUT2D eigenvalue weighted by Gasteiger charge is 2.17. The Balaban J connectivity index is 2.08. The summed E-state index contributed by atoms with van der Waals surface area (Å²) in [6, 6.07) is 7.10. The second kappa shape index (κ2) is 8.66. The smallest absolute Gasteiger partial charge is 0.387 e. The number of halogens is 4. The molecule has 0 aliphatic carbocycles. The maximum absolute atomic E-state index is 13.0. The lowest BCUT2D eigenvalue weighted by atomic mass is 10.2. The molecule has 5 nitrogen and oxygen atoms in total. The number of rotatable bonds is 7. The quantitative estimate of drug-likeness (QED) is 0.731. The van der Waals surface area contributed by atoms with Crippen LogP contribution in [-0.4, -0.2) is 25.7 Å². The number of methoxy groups -OCH3 is 1. The summed E-state index contributed by atoms with van der Waals surface area (Å²) >= 11 is 5.86. The Bertz CT molecular complexity index is 790. The third-order valence-corrected chi connectivity index (χ3v) is 3.66. The molecule has 2 rings (SSSR count). The van der Waals surface area contributed by atoms with Gasteiger partial charge in [0.15, 0.2) is 11.5 Å². The largest absolute Gasteiger partial charge is 0.493 e. The van der Waals surface area contributed by atoms with E-state index < -0.39 is 24.4 Å². The van der Waals surface area contributed by atoms with Crippen LogP contribution in [0.2, 0.25) is 5.02 Å². The van der Waals surface area contributed by atoms with Gasteiger partial charge in [-0.05, 0) is 37.3 Å². The number of benzene rings is 2. The number of ether oxygens (including phenoxy) is 2. The molecular weight excluding hydrogens is 373 g/mol. The first-order valence-electron chi connectivity index (χ1n) is 7.45. The van der Waals surface area contributed by atoms with Gasteiger partial charge in [0.05, 0.1) is 17.8 Å². The highest BCUT2D eigenvalue weighted by atomic mass is 35.5. The average Bonchev–Trinajstić information content (AvgIpc) is 2.57. The van der Waals surface area contributed by atoms with E-state index in [0.717, 1.165) is 12.1 Å². The molecule has 0 fully saturated rings. The van der Waals surface area contributed by atoms with Gasteiger partial charge in [-0.1, -0.05) is 11.6 Å². The van der Waals surface area contributed by atoms with Gasteiger partial charge in [-0.25, -0.2) is 4.39 Å². The lowest BCUT2D eigenvalue weighted by molar-refractivity contribution is -0.116. The fourth-order valence-electron chi connectivity index (χ4n) is 2.10. The molecule has 1 amide bonds. The van der Waals surface area contributed by atoms with Gasteiger partial charge >= 0.3 is 6.61 Å². The van der Waals surface area contributed by atoms with Crippen molar-refractivity contribution in [1.82, 2.24) is 0 Å². The van der Waals surface area contributed by atoms with Crippen molar-refractivity contribution >= 4 is 28.9 Å². The summed E-state index contributed by atoms with van der Waals surface area (Å²) in [5.74, 6) is -1.01. The van der Waals surface area contributed by atoms with E-state index in [4.69, 9.17) is 16.3 Å². The number of amides is 1. The number of carbonyl (C=O) groups excluding carboxylic acids is 1. The van der Waals surface area contributed by atoms with Crippen molar-refractivity contribution in [2.24, 2.45) is 0 Å². The maximum Gasteiger partial charge on any atom is 0.387 e. The Labute approximate surface area is 153 Å². The van der Waals surface area contributed by atoms with Gasteiger partial charge in [-0.2, -0.15) is 8.78 Å². The fraction of sp³-hybridized carbons (Fsp3) is 0.235. The second-order valence-electron chi connectivity index (χ2n) is 5.22. The summed E-state index contributed by atoms with van der Waals surface area (Å²) < 4.78 is 47.3. The minimum Gasteiger partial charge on any atom is -0.493 e. The molecule has 0 heterocycles. The molecule has 0 saturated heterocycles. The van der Waals surface area contributed by atoms with Gasteiger partial charge in [0.2, 0.25) is 5.91 Å². The molecule has 26 heavy (non-hydrogen) atoms. The van der Waals surface area contributed by atoms with Gasteiger partial charge in [0, 0.05) is 11.8 Å².